The maximum atomic E-state index is 12.6. The van der Waals surface area contributed by atoms with Gasteiger partial charge in [-0.2, -0.15) is 0 Å². The van der Waals surface area contributed by atoms with E-state index in [4.69, 9.17) is 4.74 Å². The van der Waals surface area contributed by atoms with E-state index in [1.807, 2.05) is 42.5 Å². The minimum atomic E-state index is -1.13. The van der Waals surface area contributed by atoms with Gasteiger partial charge in [0.25, 0.3) is 0 Å². The zero-order valence-corrected chi connectivity index (χ0v) is 16.5. The highest BCUT2D eigenvalue weighted by molar-refractivity contribution is 6.09. The lowest BCUT2D eigenvalue weighted by molar-refractivity contribution is -0.138. The van der Waals surface area contributed by atoms with Crippen LogP contribution in [0.15, 0.2) is 54.6 Å². The van der Waals surface area contributed by atoms with Crippen molar-refractivity contribution in [2.75, 3.05) is 5.32 Å². The van der Waals surface area contributed by atoms with Gasteiger partial charge in [0.15, 0.2) is 0 Å². The molecule has 2 aromatic carbocycles. The molecule has 148 valence electrons. The molecule has 0 heterocycles. The van der Waals surface area contributed by atoms with E-state index in [2.05, 4.69) is 10.6 Å². The van der Waals surface area contributed by atoms with Crippen LogP contribution < -0.4 is 15.4 Å². The highest BCUT2D eigenvalue weighted by Gasteiger charge is 2.37. The number of ether oxygens (including phenoxy) is 1. The fourth-order valence-corrected chi connectivity index (χ4v) is 3.20. The standard InChI is InChI=1S/C23H28N2O3/c1-23(2,21(26)24-18-10-6-7-11-18)22(27)25-19-12-14-20(15-13-19)28-16-17-8-4-3-5-9-17/h3-5,8-9,12-15,18H,6-7,10-11,16H2,1-2H3,(H,24,26)(H,25,27). The summed E-state index contributed by atoms with van der Waals surface area (Å²) in [6, 6.07) is 17.3. The molecule has 5 heteroatoms. The summed E-state index contributed by atoms with van der Waals surface area (Å²) in [5.74, 6) is 0.181. The molecule has 3 rings (SSSR count). The number of rotatable bonds is 7. The Labute approximate surface area is 166 Å². The van der Waals surface area contributed by atoms with Crippen LogP contribution in [0.5, 0.6) is 5.75 Å². The normalized spacial score (nSPS) is 14.5. The Kier molecular flexibility index (Phi) is 6.34. The number of carbonyl (C=O) groups excluding carboxylic acids is 2. The first-order valence-electron chi connectivity index (χ1n) is 9.84. The molecule has 1 aliphatic rings. The highest BCUT2D eigenvalue weighted by atomic mass is 16.5. The van der Waals surface area contributed by atoms with Crippen LogP contribution in [-0.4, -0.2) is 17.9 Å². The molecule has 0 unspecified atom stereocenters. The maximum Gasteiger partial charge on any atom is 0.239 e. The molecule has 2 amide bonds. The molecule has 0 spiro atoms. The van der Waals surface area contributed by atoms with Gasteiger partial charge in [0.2, 0.25) is 11.8 Å². The monoisotopic (exact) mass is 380 g/mol. The molecule has 0 aromatic heterocycles. The van der Waals surface area contributed by atoms with Crippen molar-refractivity contribution in [1.82, 2.24) is 5.32 Å². The zero-order valence-electron chi connectivity index (χ0n) is 16.5. The second-order valence-electron chi connectivity index (χ2n) is 7.83. The quantitative estimate of drug-likeness (QED) is 0.704. The van der Waals surface area contributed by atoms with E-state index >= 15 is 0 Å². The molecule has 0 saturated heterocycles. The number of hydrogen-bond acceptors (Lipinski definition) is 3. The molecule has 2 aromatic rings. The second-order valence-corrected chi connectivity index (χ2v) is 7.83. The molecule has 2 N–H and O–H groups in total. The number of amides is 2. The van der Waals surface area contributed by atoms with Crippen molar-refractivity contribution in [3.8, 4) is 5.75 Å². The summed E-state index contributed by atoms with van der Waals surface area (Å²) >= 11 is 0. The van der Waals surface area contributed by atoms with E-state index in [-0.39, 0.29) is 17.9 Å². The second kappa shape index (κ2) is 8.91. The molecule has 1 fully saturated rings. The number of carbonyl (C=O) groups is 2. The Bertz CT molecular complexity index is 794. The minimum absolute atomic E-state index is 0.195. The average Bonchev–Trinajstić information content (AvgIpc) is 3.21. The predicted molar refractivity (Wildman–Crippen MR) is 110 cm³/mol. The minimum Gasteiger partial charge on any atom is -0.489 e. The van der Waals surface area contributed by atoms with Crippen LogP contribution in [0.3, 0.4) is 0 Å². The third kappa shape index (κ3) is 5.12. The van der Waals surface area contributed by atoms with E-state index in [0.29, 0.717) is 12.3 Å². The zero-order chi connectivity index (χ0) is 20.0. The smallest absolute Gasteiger partial charge is 0.239 e. The topological polar surface area (TPSA) is 67.4 Å². The van der Waals surface area contributed by atoms with Crippen molar-refractivity contribution < 1.29 is 14.3 Å². The van der Waals surface area contributed by atoms with Gasteiger partial charge in [-0.05, 0) is 56.5 Å². The first kappa shape index (κ1) is 19.9. The lowest BCUT2D eigenvalue weighted by atomic mass is 9.90. The lowest BCUT2D eigenvalue weighted by Crippen LogP contribution is -2.47. The molecular weight excluding hydrogens is 352 g/mol. The molecule has 0 atom stereocenters. The van der Waals surface area contributed by atoms with Gasteiger partial charge in [0, 0.05) is 11.7 Å². The van der Waals surface area contributed by atoms with Crippen molar-refractivity contribution in [3.05, 3.63) is 60.2 Å². The molecule has 5 nitrogen and oxygen atoms in total. The lowest BCUT2D eigenvalue weighted by Gasteiger charge is -2.25. The first-order chi connectivity index (χ1) is 13.4. The third-order valence-electron chi connectivity index (χ3n) is 5.19. The Morgan fingerprint density at radius 1 is 0.964 bits per heavy atom. The van der Waals surface area contributed by atoms with Crippen LogP contribution in [0.4, 0.5) is 5.69 Å². The Morgan fingerprint density at radius 3 is 2.25 bits per heavy atom. The maximum absolute atomic E-state index is 12.6. The van der Waals surface area contributed by atoms with Gasteiger partial charge in [-0.25, -0.2) is 0 Å². The molecule has 1 aliphatic carbocycles. The van der Waals surface area contributed by atoms with E-state index < -0.39 is 5.41 Å². The van der Waals surface area contributed by atoms with Gasteiger partial charge < -0.3 is 15.4 Å². The molecular formula is C23H28N2O3. The third-order valence-corrected chi connectivity index (χ3v) is 5.19. The number of hydrogen-bond donors (Lipinski definition) is 2. The van der Waals surface area contributed by atoms with Gasteiger partial charge in [-0.15, -0.1) is 0 Å². The summed E-state index contributed by atoms with van der Waals surface area (Å²) in [5, 5.41) is 5.84. The van der Waals surface area contributed by atoms with E-state index in [0.717, 1.165) is 37.0 Å². The predicted octanol–water partition coefficient (Wildman–Crippen LogP) is 4.29. The van der Waals surface area contributed by atoms with Crippen LogP contribution >= 0.6 is 0 Å². The summed E-state index contributed by atoms with van der Waals surface area (Å²) in [6.07, 6.45) is 4.26. The van der Waals surface area contributed by atoms with Crippen molar-refractivity contribution in [2.24, 2.45) is 5.41 Å². The van der Waals surface area contributed by atoms with Crippen molar-refractivity contribution >= 4 is 17.5 Å². The summed E-state index contributed by atoms with van der Waals surface area (Å²) in [7, 11) is 0. The summed E-state index contributed by atoms with van der Waals surface area (Å²) < 4.78 is 5.76. The molecule has 1 saturated carbocycles. The summed E-state index contributed by atoms with van der Waals surface area (Å²) in [4.78, 5) is 25.2. The first-order valence-corrected chi connectivity index (χ1v) is 9.84. The summed E-state index contributed by atoms with van der Waals surface area (Å²) in [5.41, 5.74) is 0.596. The number of anilines is 1. The van der Waals surface area contributed by atoms with Gasteiger partial charge in [-0.3, -0.25) is 9.59 Å². The van der Waals surface area contributed by atoms with Crippen LogP contribution in [0.25, 0.3) is 0 Å². The number of nitrogens with one attached hydrogen (secondary N) is 2. The fraction of sp³-hybridized carbons (Fsp3) is 0.391. The van der Waals surface area contributed by atoms with Crippen LogP contribution in [0.2, 0.25) is 0 Å². The van der Waals surface area contributed by atoms with Gasteiger partial charge in [-0.1, -0.05) is 43.2 Å². The summed E-state index contributed by atoms with van der Waals surface area (Å²) in [6.45, 7) is 3.80. The molecule has 0 bridgehead atoms. The van der Waals surface area contributed by atoms with Gasteiger partial charge >= 0.3 is 0 Å². The largest absolute Gasteiger partial charge is 0.489 e. The van der Waals surface area contributed by atoms with Crippen LogP contribution in [0, 0.1) is 5.41 Å². The SMILES string of the molecule is CC(C)(C(=O)Nc1ccc(OCc2ccccc2)cc1)C(=O)NC1CCCC1. The van der Waals surface area contributed by atoms with Crippen LogP contribution in [-0.2, 0) is 16.2 Å². The Hall–Kier alpha value is -2.82. The van der Waals surface area contributed by atoms with Crippen LogP contribution in [0.1, 0.15) is 45.1 Å². The van der Waals surface area contributed by atoms with E-state index in [9.17, 15) is 9.59 Å². The fourth-order valence-electron chi connectivity index (χ4n) is 3.20. The molecule has 0 aliphatic heterocycles. The average molecular weight is 380 g/mol. The molecule has 0 radical (unpaired) electrons. The van der Waals surface area contributed by atoms with Crippen molar-refractivity contribution in [1.29, 1.82) is 0 Å². The highest BCUT2D eigenvalue weighted by Crippen LogP contribution is 2.24. The number of benzene rings is 2. The Balaban J connectivity index is 1.53. The van der Waals surface area contributed by atoms with Gasteiger partial charge in [0.1, 0.15) is 17.8 Å². The van der Waals surface area contributed by atoms with Crippen molar-refractivity contribution in [2.45, 2.75) is 52.2 Å². The van der Waals surface area contributed by atoms with Crippen molar-refractivity contribution in [3.63, 3.8) is 0 Å². The van der Waals surface area contributed by atoms with E-state index in [1.54, 1.807) is 26.0 Å². The van der Waals surface area contributed by atoms with Gasteiger partial charge in [0.05, 0.1) is 0 Å². The molecule has 28 heavy (non-hydrogen) atoms. The Morgan fingerprint density at radius 2 is 1.61 bits per heavy atom. The van der Waals surface area contributed by atoms with E-state index in [1.165, 1.54) is 0 Å².